The second-order valence-corrected chi connectivity index (χ2v) is 5.60. The molecule has 7 nitrogen and oxygen atoms in total. The number of carbonyl (C=O) groups excluding carboxylic acids is 1. The summed E-state index contributed by atoms with van der Waals surface area (Å²) in [6.07, 6.45) is -0.449. The third-order valence-electron chi connectivity index (χ3n) is 2.48. The van der Waals surface area contributed by atoms with E-state index >= 15 is 0 Å². The van der Waals surface area contributed by atoms with E-state index in [2.05, 4.69) is 15.6 Å². The number of nitrogen functional groups attached to an aromatic ring is 1. The van der Waals surface area contributed by atoms with Crippen LogP contribution in [0.4, 0.5) is 16.5 Å². The summed E-state index contributed by atoms with van der Waals surface area (Å²) >= 11 is 0. The molecule has 0 saturated heterocycles. The van der Waals surface area contributed by atoms with Crippen LogP contribution in [-0.2, 0) is 4.74 Å². The minimum absolute atomic E-state index is 0.390. The Hall–Kier alpha value is -2.44. The number of carbonyl (C=O) groups is 1. The van der Waals surface area contributed by atoms with E-state index in [0.717, 1.165) is 5.52 Å². The van der Waals surface area contributed by atoms with Crippen molar-refractivity contribution in [3.8, 4) is 0 Å². The van der Waals surface area contributed by atoms with Gasteiger partial charge in [0.2, 0.25) is 0 Å². The van der Waals surface area contributed by atoms with Crippen molar-refractivity contribution in [2.75, 3.05) is 24.1 Å². The third kappa shape index (κ3) is 4.55. The van der Waals surface area contributed by atoms with E-state index in [9.17, 15) is 4.79 Å². The molecule has 1 aromatic heterocycles. The lowest BCUT2D eigenvalue weighted by Gasteiger charge is -2.19. The van der Waals surface area contributed by atoms with Crippen molar-refractivity contribution >= 4 is 28.9 Å². The molecule has 1 aromatic carbocycles. The molecule has 0 aliphatic heterocycles. The Kier molecular flexibility index (Phi) is 4.21. The predicted octanol–water partition coefficient (Wildman–Crippen LogP) is 2.35. The second-order valence-electron chi connectivity index (χ2n) is 5.60. The highest BCUT2D eigenvalue weighted by Crippen LogP contribution is 2.20. The van der Waals surface area contributed by atoms with Crippen molar-refractivity contribution in [1.29, 1.82) is 0 Å². The summed E-state index contributed by atoms with van der Waals surface area (Å²) in [5, 5.41) is 5.62. The third-order valence-corrected chi connectivity index (χ3v) is 2.48. The van der Waals surface area contributed by atoms with Gasteiger partial charge in [0.05, 0.1) is 0 Å². The van der Waals surface area contributed by atoms with Crippen LogP contribution in [0.15, 0.2) is 22.6 Å². The minimum atomic E-state index is -0.502. The number of ether oxygens (including phenoxy) is 1. The highest BCUT2D eigenvalue weighted by molar-refractivity contribution is 5.78. The molecule has 0 saturated carbocycles. The van der Waals surface area contributed by atoms with Gasteiger partial charge in [-0.25, -0.2) is 4.79 Å². The first-order valence-corrected chi connectivity index (χ1v) is 6.70. The number of nitrogens with zero attached hydrogens (tertiary/aromatic N) is 1. The molecular weight excluding hydrogens is 272 g/mol. The highest BCUT2D eigenvalue weighted by atomic mass is 16.6. The molecule has 1 heterocycles. The molecule has 0 radical (unpaired) electrons. The zero-order valence-electron chi connectivity index (χ0n) is 12.4. The van der Waals surface area contributed by atoms with Gasteiger partial charge >= 0.3 is 6.09 Å². The number of nitrogens with two attached hydrogens (primary N) is 1. The quantitative estimate of drug-likeness (QED) is 0.590. The molecule has 0 bridgehead atoms. The SMILES string of the molecule is CC(C)(C)OC(=O)NCCNc1nc2ccc(N)cc2o1. The molecule has 21 heavy (non-hydrogen) atoms. The fraction of sp³-hybridized carbons (Fsp3) is 0.429. The zero-order chi connectivity index (χ0) is 15.5. The number of aromatic nitrogens is 1. The van der Waals surface area contributed by atoms with Crippen LogP contribution in [0.2, 0.25) is 0 Å². The largest absolute Gasteiger partial charge is 0.444 e. The number of hydrogen-bond acceptors (Lipinski definition) is 6. The molecule has 1 amide bonds. The summed E-state index contributed by atoms with van der Waals surface area (Å²) in [6.45, 7) is 6.32. The van der Waals surface area contributed by atoms with Crippen LogP contribution in [0.5, 0.6) is 0 Å². The number of rotatable bonds is 4. The summed E-state index contributed by atoms with van der Waals surface area (Å²) in [6, 6.07) is 5.66. The molecule has 2 aromatic rings. The normalized spacial score (nSPS) is 11.4. The Morgan fingerprint density at radius 1 is 1.38 bits per heavy atom. The molecular formula is C14H20N4O3. The number of benzene rings is 1. The van der Waals surface area contributed by atoms with Crippen LogP contribution in [0, 0.1) is 0 Å². The van der Waals surface area contributed by atoms with Gasteiger partial charge in [0.15, 0.2) is 5.58 Å². The highest BCUT2D eigenvalue weighted by Gasteiger charge is 2.15. The van der Waals surface area contributed by atoms with Gasteiger partial charge in [0.25, 0.3) is 6.01 Å². The molecule has 0 aliphatic carbocycles. The van der Waals surface area contributed by atoms with Crippen molar-refractivity contribution < 1.29 is 13.9 Å². The number of nitrogens with one attached hydrogen (secondary N) is 2. The van der Waals surface area contributed by atoms with Gasteiger partial charge in [-0.2, -0.15) is 4.98 Å². The molecule has 114 valence electrons. The standard InChI is InChI=1S/C14H20N4O3/c1-14(2,3)21-13(19)17-7-6-16-12-18-10-5-4-9(15)8-11(10)20-12/h4-5,8H,6-7,15H2,1-3H3,(H,16,18)(H,17,19). The molecule has 0 atom stereocenters. The number of amides is 1. The van der Waals surface area contributed by atoms with Crippen molar-refractivity contribution in [3.63, 3.8) is 0 Å². The maximum Gasteiger partial charge on any atom is 0.407 e. The van der Waals surface area contributed by atoms with E-state index < -0.39 is 11.7 Å². The average Bonchev–Trinajstić information content (AvgIpc) is 2.74. The molecule has 0 spiro atoms. The van der Waals surface area contributed by atoms with E-state index in [1.165, 1.54) is 0 Å². The van der Waals surface area contributed by atoms with E-state index in [1.54, 1.807) is 18.2 Å². The lowest BCUT2D eigenvalue weighted by Crippen LogP contribution is -2.35. The second kappa shape index (κ2) is 5.90. The molecule has 7 heteroatoms. The summed E-state index contributed by atoms with van der Waals surface area (Å²) in [4.78, 5) is 15.7. The molecule has 0 fully saturated rings. The minimum Gasteiger partial charge on any atom is -0.444 e. The predicted molar refractivity (Wildman–Crippen MR) is 81.1 cm³/mol. The average molecular weight is 292 g/mol. The Morgan fingerprint density at radius 3 is 2.86 bits per heavy atom. The lowest BCUT2D eigenvalue weighted by atomic mass is 10.2. The first-order chi connectivity index (χ1) is 9.83. The Labute approximate surface area is 122 Å². The van der Waals surface area contributed by atoms with Crippen LogP contribution >= 0.6 is 0 Å². The van der Waals surface area contributed by atoms with Gasteiger partial charge in [-0.3, -0.25) is 0 Å². The van der Waals surface area contributed by atoms with Crippen molar-refractivity contribution in [2.45, 2.75) is 26.4 Å². The van der Waals surface area contributed by atoms with Crippen LogP contribution in [-0.4, -0.2) is 29.8 Å². The van der Waals surface area contributed by atoms with E-state index in [4.69, 9.17) is 14.9 Å². The molecule has 4 N–H and O–H groups in total. The summed E-state index contributed by atoms with van der Waals surface area (Å²) in [7, 11) is 0. The van der Waals surface area contributed by atoms with E-state index in [1.807, 2.05) is 20.8 Å². The Morgan fingerprint density at radius 2 is 2.14 bits per heavy atom. The maximum absolute atomic E-state index is 11.4. The number of anilines is 2. The molecule has 2 rings (SSSR count). The lowest BCUT2D eigenvalue weighted by molar-refractivity contribution is 0.0530. The first-order valence-electron chi connectivity index (χ1n) is 6.70. The molecule has 0 aliphatic rings. The smallest absolute Gasteiger partial charge is 0.407 e. The van der Waals surface area contributed by atoms with Crippen LogP contribution < -0.4 is 16.4 Å². The van der Waals surface area contributed by atoms with Gasteiger partial charge in [-0.1, -0.05) is 0 Å². The topological polar surface area (TPSA) is 102 Å². The Balaban J connectivity index is 1.79. The van der Waals surface area contributed by atoms with Crippen LogP contribution in [0.1, 0.15) is 20.8 Å². The zero-order valence-corrected chi connectivity index (χ0v) is 12.4. The van der Waals surface area contributed by atoms with Gasteiger partial charge < -0.3 is 25.5 Å². The van der Waals surface area contributed by atoms with Crippen molar-refractivity contribution in [3.05, 3.63) is 18.2 Å². The number of alkyl carbamates (subject to hydrolysis) is 1. The monoisotopic (exact) mass is 292 g/mol. The van der Waals surface area contributed by atoms with Crippen molar-refractivity contribution in [1.82, 2.24) is 10.3 Å². The van der Waals surface area contributed by atoms with Gasteiger partial charge in [0.1, 0.15) is 11.1 Å². The maximum atomic E-state index is 11.4. The fourth-order valence-electron chi connectivity index (χ4n) is 1.66. The fourth-order valence-corrected chi connectivity index (χ4v) is 1.66. The summed E-state index contributed by atoms with van der Waals surface area (Å²) in [5.41, 5.74) is 7.14. The van der Waals surface area contributed by atoms with E-state index in [-0.39, 0.29) is 0 Å². The Bertz CT molecular complexity index is 631. The van der Waals surface area contributed by atoms with Crippen LogP contribution in [0.25, 0.3) is 11.1 Å². The van der Waals surface area contributed by atoms with E-state index in [0.29, 0.717) is 30.4 Å². The van der Waals surface area contributed by atoms with Crippen molar-refractivity contribution in [2.24, 2.45) is 0 Å². The van der Waals surface area contributed by atoms with Crippen LogP contribution in [0.3, 0.4) is 0 Å². The van der Waals surface area contributed by atoms with Gasteiger partial charge in [-0.15, -0.1) is 0 Å². The van der Waals surface area contributed by atoms with Gasteiger partial charge in [-0.05, 0) is 32.9 Å². The van der Waals surface area contributed by atoms with Gasteiger partial charge in [0, 0.05) is 24.8 Å². The molecule has 0 unspecified atom stereocenters. The number of hydrogen-bond donors (Lipinski definition) is 3. The number of oxazole rings is 1. The summed E-state index contributed by atoms with van der Waals surface area (Å²) < 4.78 is 10.6. The first kappa shape index (κ1) is 15.0. The number of fused-ring (bicyclic) bond motifs is 1. The summed E-state index contributed by atoms with van der Waals surface area (Å²) in [5.74, 6) is 0.